The maximum atomic E-state index is 3.95. The molecule has 8 heavy (non-hydrogen) atoms. The average Bonchev–Trinajstić information content (AvgIpc) is 2.14. The lowest BCUT2D eigenvalue weighted by molar-refractivity contribution is 0.702. The molecule has 0 atom stereocenters. The summed E-state index contributed by atoms with van der Waals surface area (Å²) in [6.07, 6.45) is 1.70. The molecule has 0 fully saturated rings. The van der Waals surface area contributed by atoms with Gasteiger partial charge in [-0.2, -0.15) is 12.6 Å². The van der Waals surface area contributed by atoms with E-state index in [2.05, 4.69) is 35.6 Å². The molecule has 0 aliphatic heterocycles. The van der Waals surface area contributed by atoms with Crippen molar-refractivity contribution < 1.29 is 0 Å². The van der Waals surface area contributed by atoms with E-state index in [0.717, 1.165) is 0 Å². The first-order valence-corrected chi connectivity index (χ1v) is 3.11. The predicted octanol–water partition coefficient (Wildman–Crippen LogP) is 0.454. The Kier molecular flexibility index (Phi) is 1.80. The zero-order valence-corrected chi connectivity index (χ0v) is 5.81. The second-order valence-corrected chi connectivity index (χ2v) is 2.00. The van der Waals surface area contributed by atoms with Gasteiger partial charge < -0.3 is 0 Å². The molecule has 44 valence electrons. The Morgan fingerprint density at radius 1 is 1.75 bits per heavy atom. The minimum Gasteiger partial charge on any atom is -0.242 e. The van der Waals surface area contributed by atoms with E-state index in [-0.39, 0.29) is 0 Å². The Balaban J connectivity index is 2.84. The van der Waals surface area contributed by atoms with E-state index in [1.807, 2.05) is 0 Å². The van der Waals surface area contributed by atoms with E-state index in [1.165, 1.54) is 0 Å². The number of nitrogens with zero attached hydrogens (tertiary/aromatic N) is 3. The van der Waals surface area contributed by atoms with Crippen molar-refractivity contribution in [2.45, 2.75) is 10.9 Å². The molecule has 1 aromatic rings. The summed E-state index contributed by atoms with van der Waals surface area (Å²) in [6.45, 7) is 0. The standard InChI is InChI=1S/C3H5N3S2/c7-2-6-1-3(8)4-5-6/h1,7-8H,2H2. The Morgan fingerprint density at radius 2 is 2.50 bits per heavy atom. The number of aromatic nitrogens is 3. The second-order valence-electron chi connectivity index (χ2n) is 1.26. The zero-order chi connectivity index (χ0) is 5.98. The number of hydrogen-bond acceptors (Lipinski definition) is 4. The van der Waals surface area contributed by atoms with Crippen molar-refractivity contribution in [3.05, 3.63) is 6.20 Å². The summed E-state index contributed by atoms with van der Waals surface area (Å²) in [6, 6.07) is 0. The largest absolute Gasteiger partial charge is 0.242 e. The maximum absolute atomic E-state index is 3.95. The molecule has 0 saturated carbocycles. The van der Waals surface area contributed by atoms with E-state index in [9.17, 15) is 0 Å². The van der Waals surface area contributed by atoms with Crippen molar-refractivity contribution in [3.8, 4) is 0 Å². The van der Waals surface area contributed by atoms with Gasteiger partial charge in [-0.25, -0.2) is 4.68 Å². The van der Waals surface area contributed by atoms with Crippen LogP contribution >= 0.6 is 25.3 Å². The van der Waals surface area contributed by atoms with Gasteiger partial charge in [0, 0.05) is 0 Å². The monoisotopic (exact) mass is 147 g/mol. The smallest absolute Gasteiger partial charge is 0.135 e. The molecule has 0 aliphatic rings. The average molecular weight is 147 g/mol. The molecule has 5 heteroatoms. The molecular formula is C3H5N3S2. The van der Waals surface area contributed by atoms with Gasteiger partial charge in [-0.3, -0.25) is 0 Å². The predicted molar refractivity (Wildman–Crippen MR) is 36.3 cm³/mol. The van der Waals surface area contributed by atoms with Crippen LogP contribution in [0.1, 0.15) is 0 Å². The van der Waals surface area contributed by atoms with Gasteiger partial charge in [-0.05, 0) is 0 Å². The van der Waals surface area contributed by atoms with Crippen LogP contribution in [0.25, 0.3) is 0 Å². The Bertz CT molecular complexity index is 173. The molecular weight excluding hydrogens is 142 g/mol. The Morgan fingerprint density at radius 3 is 2.75 bits per heavy atom. The van der Waals surface area contributed by atoms with Crippen molar-refractivity contribution in [3.63, 3.8) is 0 Å². The van der Waals surface area contributed by atoms with Gasteiger partial charge in [0.25, 0.3) is 0 Å². The first-order chi connectivity index (χ1) is 3.83. The minimum atomic E-state index is 0.549. The summed E-state index contributed by atoms with van der Waals surface area (Å²) in [5.74, 6) is 0.549. The van der Waals surface area contributed by atoms with Crippen LogP contribution in [0, 0.1) is 0 Å². The number of thiol groups is 2. The molecule has 1 heterocycles. The summed E-state index contributed by atoms with van der Waals surface area (Å²) in [5, 5.41) is 7.89. The van der Waals surface area contributed by atoms with Crippen molar-refractivity contribution in [2.75, 3.05) is 0 Å². The van der Waals surface area contributed by atoms with Crippen molar-refractivity contribution >= 4 is 25.3 Å². The maximum Gasteiger partial charge on any atom is 0.135 e. The van der Waals surface area contributed by atoms with Gasteiger partial charge in [-0.1, -0.05) is 5.21 Å². The van der Waals surface area contributed by atoms with Gasteiger partial charge in [0.1, 0.15) is 5.03 Å². The molecule has 0 radical (unpaired) electrons. The highest BCUT2D eigenvalue weighted by Gasteiger charge is 1.89. The van der Waals surface area contributed by atoms with Crippen LogP contribution in [0.4, 0.5) is 0 Å². The summed E-state index contributed by atoms with van der Waals surface area (Å²) in [4.78, 5) is 0. The van der Waals surface area contributed by atoms with E-state index < -0.39 is 0 Å². The third-order valence-corrected chi connectivity index (χ3v) is 1.17. The Labute approximate surface area is 57.9 Å². The summed E-state index contributed by atoms with van der Waals surface area (Å²) in [7, 11) is 0. The summed E-state index contributed by atoms with van der Waals surface area (Å²) >= 11 is 7.88. The van der Waals surface area contributed by atoms with Gasteiger partial charge >= 0.3 is 0 Å². The zero-order valence-electron chi connectivity index (χ0n) is 4.02. The highest BCUT2D eigenvalue weighted by atomic mass is 32.1. The van der Waals surface area contributed by atoms with Crippen LogP contribution in [0.3, 0.4) is 0 Å². The van der Waals surface area contributed by atoms with E-state index in [0.29, 0.717) is 10.9 Å². The van der Waals surface area contributed by atoms with Crippen LogP contribution in [0.2, 0.25) is 0 Å². The van der Waals surface area contributed by atoms with Crippen LogP contribution in [0.15, 0.2) is 11.2 Å². The number of hydrogen-bond donors (Lipinski definition) is 2. The van der Waals surface area contributed by atoms with E-state index >= 15 is 0 Å². The Hall–Kier alpha value is -0.160. The normalized spacial score (nSPS) is 9.75. The molecule has 0 spiro atoms. The summed E-state index contributed by atoms with van der Waals surface area (Å²) < 4.78 is 1.59. The molecule has 0 unspecified atom stereocenters. The highest BCUT2D eigenvalue weighted by Crippen LogP contribution is 1.97. The fraction of sp³-hybridized carbons (Fsp3) is 0.333. The fourth-order valence-corrected chi connectivity index (χ4v) is 0.669. The molecule has 0 bridgehead atoms. The van der Waals surface area contributed by atoms with Gasteiger partial charge in [0.05, 0.1) is 12.1 Å². The van der Waals surface area contributed by atoms with Crippen molar-refractivity contribution in [1.82, 2.24) is 15.0 Å². The van der Waals surface area contributed by atoms with Crippen LogP contribution in [-0.4, -0.2) is 15.0 Å². The minimum absolute atomic E-state index is 0.549. The molecule has 1 rings (SSSR count). The molecule has 0 aromatic carbocycles. The summed E-state index contributed by atoms with van der Waals surface area (Å²) in [5.41, 5.74) is 0. The van der Waals surface area contributed by atoms with E-state index in [1.54, 1.807) is 10.9 Å². The molecule has 3 nitrogen and oxygen atoms in total. The topological polar surface area (TPSA) is 30.7 Å². The SMILES string of the molecule is SCn1cc(S)nn1. The molecule has 0 aliphatic carbocycles. The van der Waals surface area contributed by atoms with E-state index in [4.69, 9.17) is 0 Å². The quantitative estimate of drug-likeness (QED) is 0.565. The number of rotatable bonds is 1. The van der Waals surface area contributed by atoms with Crippen LogP contribution in [0.5, 0.6) is 0 Å². The second kappa shape index (κ2) is 2.41. The molecule has 0 saturated heterocycles. The van der Waals surface area contributed by atoms with Crippen LogP contribution in [-0.2, 0) is 5.88 Å². The molecule has 1 aromatic heterocycles. The van der Waals surface area contributed by atoms with Gasteiger partial charge in [0.2, 0.25) is 0 Å². The first kappa shape index (κ1) is 5.97. The van der Waals surface area contributed by atoms with Gasteiger partial charge in [-0.15, -0.1) is 17.7 Å². The van der Waals surface area contributed by atoms with Crippen LogP contribution < -0.4 is 0 Å². The lowest BCUT2D eigenvalue weighted by atomic mass is 10.9. The molecule has 0 amide bonds. The molecule has 0 N–H and O–H groups in total. The van der Waals surface area contributed by atoms with Crippen molar-refractivity contribution in [1.29, 1.82) is 0 Å². The first-order valence-electron chi connectivity index (χ1n) is 2.03. The van der Waals surface area contributed by atoms with Gasteiger partial charge in [0.15, 0.2) is 0 Å². The lowest BCUT2D eigenvalue weighted by Gasteiger charge is -1.84. The van der Waals surface area contributed by atoms with Crippen molar-refractivity contribution in [2.24, 2.45) is 0 Å². The third kappa shape index (κ3) is 1.16. The third-order valence-electron chi connectivity index (χ3n) is 0.671. The fourth-order valence-electron chi connectivity index (χ4n) is 0.357. The lowest BCUT2D eigenvalue weighted by Crippen LogP contribution is -1.90. The highest BCUT2D eigenvalue weighted by molar-refractivity contribution is 7.80.